The Hall–Kier alpha value is -3.44. The molecule has 1 aromatic heterocycles. The maximum absolute atomic E-state index is 12.1. The van der Waals surface area contributed by atoms with Gasteiger partial charge in [-0.1, -0.05) is 72.8 Å². The smallest absolute Gasteiger partial charge is 0.258 e. The quantitative estimate of drug-likeness (QED) is 0.436. The molecule has 0 saturated carbocycles. The molecule has 0 bridgehead atoms. The maximum atomic E-state index is 12.1. The molecule has 0 fully saturated rings. The number of nitrogens with one attached hydrogen (secondary N) is 1. The van der Waals surface area contributed by atoms with Gasteiger partial charge in [-0.05, 0) is 24.1 Å². The summed E-state index contributed by atoms with van der Waals surface area (Å²) in [5.41, 5.74) is 5.22. The molecular formula is C25H22N2O2S. The van der Waals surface area contributed by atoms with E-state index in [1.165, 1.54) is 0 Å². The number of aromatic nitrogens is 1. The molecule has 4 aromatic rings. The van der Waals surface area contributed by atoms with Crippen molar-refractivity contribution in [3.8, 4) is 27.6 Å². The first-order chi connectivity index (χ1) is 14.7. The minimum Gasteiger partial charge on any atom is -0.484 e. The molecule has 1 amide bonds. The largest absolute Gasteiger partial charge is 0.484 e. The van der Waals surface area contributed by atoms with Crippen LogP contribution in [-0.2, 0) is 11.3 Å². The molecule has 0 aliphatic rings. The number of nitrogens with zero attached hydrogens (tertiary/aromatic N) is 1. The fourth-order valence-electron chi connectivity index (χ4n) is 3.03. The zero-order valence-electron chi connectivity index (χ0n) is 16.7. The number of ether oxygens (including phenoxy) is 1. The van der Waals surface area contributed by atoms with Crippen LogP contribution >= 0.6 is 11.3 Å². The molecule has 0 spiro atoms. The summed E-state index contributed by atoms with van der Waals surface area (Å²) in [6.07, 6.45) is 0. The lowest BCUT2D eigenvalue weighted by molar-refractivity contribution is -0.123. The standard InChI is InChI=1S/C25H22N2O2S/c1-18-7-5-6-10-23(18)29-16-24(28)26-15-19-11-13-21(14-12-19)25-27-22(17-30-25)20-8-3-2-4-9-20/h2-14,17H,15-16H2,1H3,(H,26,28). The van der Waals surface area contributed by atoms with Crippen LogP contribution in [0.1, 0.15) is 11.1 Å². The first-order valence-electron chi connectivity index (χ1n) is 9.74. The minimum atomic E-state index is -0.144. The fourth-order valence-corrected chi connectivity index (χ4v) is 3.86. The third kappa shape index (κ3) is 4.93. The monoisotopic (exact) mass is 414 g/mol. The van der Waals surface area contributed by atoms with Gasteiger partial charge in [-0.2, -0.15) is 0 Å². The highest BCUT2D eigenvalue weighted by Crippen LogP contribution is 2.28. The topological polar surface area (TPSA) is 51.2 Å². The van der Waals surface area contributed by atoms with Gasteiger partial charge in [0.05, 0.1) is 5.69 Å². The van der Waals surface area contributed by atoms with E-state index >= 15 is 0 Å². The Labute approximate surface area is 180 Å². The van der Waals surface area contributed by atoms with Crippen molar-refractivity contribution in [3.63, 3.8) is 0 Å². The second kappa shape index (κ2) is 9.37. The average molecular weight is 415 g/mol. The van der Waals surface area contributed by atoms with Crippen molar-refractivity contribution in [1.82, 2.24) is 10.3 Å². The van der Waals surface area contributed by atoms with E-state index < -0.39 is 0 Å². The van der Waals surface area contributed by atoms with Crippen molar-refractivity contribution < 1.29 is 9.53 Å². The van der Waals surface area contributed by atoms with E-state index in [0.717, 1.165) is 38.7 Å². The Balaban J connectivity index is 1.31. The molecule has 0 unspecified atom stereocenters. The van der Waals surface area contributed by atoms with Crippen LogP contribution in [0.3, 0.4) is 0 Å². The molecule has 5 heteroatoms. The molecule has 0 atom stereocenters. The fraction of sp³-hybridized carbons (Fsp3) is 0.120. The Morgan fingerprint density at radius 1 is 0.933 bits per heavy atom. The lowest BCUT2D eigenvalue weighted by Gasteiger charge is -2.09. The summed E-state index contributed by atoms with van der Waals surface area (Å²) in [5, 5.41) is 5.96. The van der Waals surface area contributed by atoms with Gasteiger partial charge in [0.15, 0.2) is 6.61 Å². The third-order valence-electron chi connectivity index (χ3n) is 4.72. The summed E-state index contributed by atoms with van der Waals surface area (Å²) in [6.45, 7) is 2.42. The van der Waals surface area contributed by atoms with E-state index in [4.69, 9.17) is 9.72 Å². The number of carbonyl (C=O) groups is 1. The van der Waals surface area contributed by atoms with Gasteiger partial charge in [0.2, 0.25) is 0 Å². The van der Waals surface area contributed by atoms with Gasteiger partial charge in [0, 0.05) is 23.1 Å². The molecule has 4 nitrogen and oxygen atoms in total. The lowest BCUT2D eigenvalue weighted by atomic mass is 10.1. The van der Waals surface area contributed by atoms with Gasteiger partial charge >= 0.3 is 0 Å². The molecule has 0 aliphatic carbocycles. The molecular weight excluding hydrogens is 392 g/mol. The number of aryl methyl sites for hydroxylation is 1. The van der Waals surface area contributed by atoms with Crippen molar-refractivity contribution in [3.05, 3.63) is 95.4 Å². The highest BCUT2D eigenvalue weighted by molar-refractivity contribution is 7.13. The Kier molecular flexibility index (Phi) is 6.20. The number of benzene rings is 3. The Bertz CT molecular complexity index is 1120. The number of hydrogen-bond donors (Lipinski definition) is 1. The second-order valence-electron chi connectivity index (χ2n) is 6.93. The van der Waals surface area contributed by atoms with E-state index in [-0.39, 0.29) is 12.5 Å². The third-order valence-corrected chi connectivity index (χ3v) is 5.61. The highest BCUT2D eigenvalue weighted by Gasteiger charge is 2.08. The van der Waals surface area contributed by atoms with E-state index in [0.29, 0.717) is 6.54 Å². The SMILES string of the molecule is Cc1ccccc1OCC(=O)NCc1ccc(-c2nc(-c3ccccc3)cs2)cc1. The van der Waals surface area contributed by atoms with Gasteiger partial charge in [-0.15, -0.1) is 11.3 Å². The molecule has 0 saturated heterocycles. The average Bonchev–Trinajstić information content (AvgIpc) is 3.28. The van der Waals surface area contributed by atoms with Crippen molar-refractivity contribution in [2.75, 3.05) is 6.61 Å². The number of hydrogen-bond acceptors (Lipinski definition) is 4. The zero-order valence-corrected chi connectivity index (χ0v) is 17.5. The number of para-hydroxylation sites is 1. The Morgan fingerprint density at radius 3 is 2.43 bits per heavy atom. The van der Waals surface area contributed by atoms with E-state index in [1.54, 1.807) is 11.3 Å². The van der Waals surface area contributed by atoms with E-state index in [2.05, 4.69) is 22.8 Å². The number of carbonyl (C=O) groups excluding carboxylic acids is 1. The predicted octanol–water partition coefficient (Wildman–Crippen LogP) is 5.48. The molecule has 4 rings (SSSR count). The molecule has 1 heterocycles. The summed E-state index contributed by atoms with van der Waals surface area (Å²) in [7, 11) is 0. The molecule has 1 N–H and O–H groups in total. The van der Waals surface area contributed by atoms with Crippen LogP contribution in [0.15, 0.2) is 84.2 Å². The maximum Gasteiger partial charge on any atom is 0.258 e. The van der Waals surface area contributed by atoms with Gasteiger partial charge in [-0.3, -0.25) is 4.79 Å². The van der Waals surface area contributed by atoms with Crippen molar-refractivity contribution in [2.24, 2.45) is 0 Å². The number of rotatable bonds is 7. The van der Waals surface area contributed by atoms with Crippen molar-refractivity contribution in [2.45, 2.75) is 13.5 Å². The van der Waals surface area contributed by atoms with Gasteiger partial charge in [0.1, 0.15) is 10.8 Å². The van der Waals surface area contributed by atoms with Crippen LogP contribution in [0.2, 0.25) is 0 Å². The van der Waals surface area contributed by atoms with Gasteiger partial charge in [-0.25, -0.2) is 4.98 Å². The van der Waals surface area contributed by atoms with Crippen LogP contribution in [-0.4, -0.2) is 17.5 Å². The van der Waals surface area contributed by atoms with Crippen LogP contribution in [0.25, 0.3) is 21.8 Å². The van der Waals surface area contributed by atoms with Crippen LogP contribution in [0.4, 0.5) is 0 Å². The molecule has 0 radical (unpaired) electrons. The van der Waals surface area contributed by atoms with Crippen LogP contribution in [0.5, 0.6) is 5.75 Å². The summed E-state index contributed by atoms with van der Waals surface area (Å²) in [5.74, 6) is 0.588. The normalized spacial score (nSPS) is 10.6. The van der Waals surface area contributed by atoms with Gasteiger partial charge in [0.25, 0.3) is 5.91 Å². The Morgan fingerprint density at radius 2 is 1.67 bits per heavy atom. The van der Waals surface area contributed by atoms with Crippen LogP contribution in [0, 0.1) is 6.92 Å². The summed E-state index contributed by atoms with van der Waals surface area (Å²) in [4.78, 5) is 16.8. The summed E-state index contributed by atoms with van der Waals surface area (Å²) >= 11 is 1.63. The number of thiazole rings is 1. The molecule has 150 valence electrons. The highest BCUT2D eigenvalue weighted by atomic mass is 32.1. The molecule has 30 heavy (non-hydrogen) atoms. The van der Waals surface area contributed by atoms with Crippen molar-refractivity contribution in [1.29, 1.82) is 0 Å². The first-order valence-corrected chi connectivity index (χ1v) is 10.6. The zero-order chi connectivity index (χ0) is 20.8. The van der Waals surface area contributed by atoms with E-state index in [1.807, 2.05) is 73.7 Å². The second-order valence-corrected chi connectivity index (χ2v) is 7.79. The van der Waals surface area contributed by atoms with Crippen molar-refractivity contribution >= 4 is 17.2 Å². The lowest BCUT2D eigenvalue weighted by Crippen LogP contribution is -2.28. The molecule has 3 aromatic carbocycles. The minimum absolute atomic E-state index is 0.00428. The first kappa shape index (κ1) is 19.9. The molecule has 0 aliphatic heterocycles. The summed E-state index contributed by atoms with van der Waals surface area (Å²) < 4.78 is 5.58. The van der Waals surface area contributed by atoms with E-state index in [9.17, 15) is 4.79 Å². The summed E-state index contributed by atoms with van der Waals surface area (Å²) in [6, 6.07) is 25.9. The predicted molar refractivity (Wildman–Crippen MR) is 122 cm³/mol. The van der Waals surface area contributed by atoms with Gasteiger partial charge < -0.3 is 10.1 Å². The van der Waals surface area contributed by atoms with Crippen LogP contribution < -0.4 is 10.1 Å². The number of amides is 1.